The molecule has 0 saturated heterocycles. The lowest BCUT2D eigenvalue weighted by Gasteiger charge is -2.15. The first kappa shape index (κ1) is 23.7. The summed E-state index contributed by atoms with van der Waals surface area (Å²) in [6.45, 7) is 4.54. The molecule has 1 aliphatic heterocycles. The molecule has 2 aliphatic rings. The molecule has 2 aromatic heterocycles. The van der Waals surface area contributed by atoms with Crippen LogP contribution in [0.15, 0.2) is 23.0 Å². The average Bonchev–Trinajstić information content (AvgIpc) is 3.04. The second-order valence-electron chi connectivity index (χ2n) is 9.52. The lowest BCUT2D eigenvalue weighted by atomic mass is 9.95. The molecule has 3 heterocycles. The Morgan fingerprint density at radius 3 is 2.77 bits per heavy atom. The predicted molar refractivity (Wildman–Crippen MR) is 138 cm³/mol. The number of fused-ring (bicyclic) bond motifs is 3. The smallest absolute Gasteiger partial charge is 0.341 e. The number of esters is 1. The van der Waals surface area contributed by atoms with Crippen LogP contribution in [0.2, 0.25) is 0 Å². The molecule has 35 heavy (non-hydrogen) atoms. The number of ether oxygens (including phenoxy) is 1. The van der Waals surface area contributed by atoms with Gasteiger partial charge in [0.25, 0.3) is 11.5 Å². The van der Waals surface area contributed by atoms with Crippen LogP contribution in [-0.2, 0) is 30.5 Å². The van der Waals surface area contributed by atoms with Crippen LogP contribution >= 0.6 is 11.3 Å². The molecule has 0 fully saturated rings. The van der Waals surface area contributed by atoms with Crippen molar-refractivity contribution in [1.82, 2.24) is 9.55 Å². The van der Waals surface area contributed by atoms with Crippen LogP contribution in [0.4, 0.5) is 5.00 Å². The Morgan fingerprint density at radius 1 is 1.14 bits per heavy atom. The maximum atomic E-state index is 13.3. The van der Waals surface area contributed by atoms with Gasteiger partial charge < -0.3 is 10.1 Å². The van der Waals surface area contributed by atoms with Crippen molar-refractivity contribution in [3.63, 3.8) is 0 Å². The lowest BCUT2D eigenvalue weighted by Crippen LogP contribution is -2.24. The zero-order chi connectivity index (χ0) is 24.5. The molecule has 0 spiro atoms. The van der Waals surface area contributed by atoms with E-state index in [1.54, 1.807) is 22.8 Å². The Morgan fingerprint density at radius 2 is 1.94 bits per heavy atom. The minimum Gasteiger partial charge on any atom is -0.459 e. The van der Waals surface area contributed by atoms with Gasteiger partial charge in [0.2, 0.25) is 0 Å². The maximum absolute atomic E-state index is 13.3. The highest BCUT2D eigenvalue weighted by Gasteiger charge is 2.28. The van der Waals surface area contributed by atoms with E-state index >= 15 is 0 Å². The van der Waals surface area contributed by atoms with Crippen LogP contribution in [0.3, 0.4) is 0 Å². The summed E-state index contributed by atoms with van der Waals surface area (Å²) >= 11 is 1.47. The minimum absolute atomic E-state index is 0.0418. The van der Waals surface area contributed by atoms with Crippen molar-refractivity contribution in [2.75, 3.05) is 5.32 Å². The van der Waals surface area contributed by atoms with Gasteiger partial charge in [-0.05, 0) is 75.6 Å². The van der Waals surface area contributed by atoms with Gasteiger partial charge in [0.05, 0.1) is 22.6 Å². The normalized spacial score (nSPS) is 16.2. The number of nitrogens with zero attached hydrogens (tertiary/aromatic N) is 2. The molecule has 0 radical (unpaired) electrons. The summed E-state index contributed by atoms with van der Waals surface area (Å²) < 4.78 is 7.42. The number of carbonyl (C=O) groups is 2. The van der Waals surface area contributed by atoms with E-state index in [2.05, 4.69) is 5.32 Å². The van der Waals surface area contributed by atoms with Gasteiger partial charge in [-0.1, -0.05) is 13.3 Å². The number of thiophene rings is 1. The van der Waals surface area contributed by atoms with Crippen LogP contribution in [0.5, 0.6) is 0 Å². The number of aromatic nitrogens is 2. The molecule has 1 aromatic carbocycles. The third-order valence-corrected chi connectivity index (χ3v) is 8.27. The molecule has 1 unspecified atom stereocenters. The average molecular weight is 494 g/mol. The molecular formula is C27H31N3O4S. The van der Waals surface area contributed by atoms with Crippen molar-refractivity contribution < 1.29 is 14.3 Å². The molecule has 1 atom stereocenters. The first-order valence-corrected chi connectivity index (χ1v) is 13.5. The summed E-state index contributed by atoms with van der Waals surface area (Å²) in [5.41, 5.74) is 2.43. The summed E-state index contributed by atoms with van der Waals surface area (Å²) in [5, 5.41) is 4.05. The summed E-state index contributed by atoms with van der Waals surface area (Å²) in [4.78, 5) is 45.2. The van der Waals surface area contributed by atoms with E-state index < -0.39 is 0 Å². The van der Waals surface area contributed by atoms with Crippen LogP contribution in [0.1, 0.15) is 89.4 Å². The van der Waals surface area contributed by atoms with Crippen molar-refractivity contribution in [3.05, 3.63) is 55.9 Å². The number of hydrogen-bond donors (Lipinski definition) is 1. The van der Waals surface area contributed by atoms with Crippen molar-refractivity contribution in [3.8, 4) is 0 Å². The molecule has 0 saturated carbocycles. The molecule has 3 aromatic rings. The SMILES string of the molecule is CCC(C)OC(=O)c1c(NC(=O)c2ccc3c(=O)n4c(nc3c2)CCCCC4)sc2c1CCCC2. The monoisotopic (exact) mass is 493 g/mol. The van der Waals surface area contributed by atoms with E-state index in [-0.39, 0.29) is 23.5 Å². The fraction of sp³-hybridized carbons (Fsp3) is 0.481. The van der Waals surface area contributed by atoms with Gasteiger partial charge in [0, 0.05) is 23.4 Å². The molecule has 7 nitrogen and oxygen atoms in total. The molecule has 0 bridgehead atoms. The van der Waals surface area contributed by atoms with E-state index in [4.69, 9.17) is 9.72 Å². The lowest BCUT2D eigenvalue weighted by molar-refractivity contribution is 0.0335. The molecule has 184 valence electrons. The van der Waals surface area contributed by atoms with E-state index in [0.29, 0.717) is 33.6 Å². The predicted octanol–water partition coefficient (Wildman–Crippen LogP) is 5.27. The third-order valence-electron chi connectivity index (χ3n) is 7.06. The number of aryl methyl sites for hydroxylation is 2. The van der Waals surface area contributed by atoms with Gasteiger partial charge >= 0.3 is 5.97 Å². The van der Waals surface area contributed by atoms with Crippen LogP contribution in [0, 0.1) is 0 Å². The van der Waals surface area contributed by atoms with E-state index in [0.717, 1.165) is 74.1 Å². The summed E-state index contributed by atoms with van der Waals surface area (Å²) in [5.74, 6) is 0.100. The zero-order valence-corrected chi connectivity index (χ0v) is 21.1. The van der Waals surface area contributed by atoms with E-state index in [1.165, 1.54) is 11.3 Å². The highest BCUT2D eigenvalue weighted by Crippen LogP contribution is 2.39. The van der Waals surface area contributed by atoms with Crippen LogP contribution in [-0.4, -0.2) is 27.5 Å². The molecule has 5 rings (SSSR count). The summed E-state index contributed by atoms with van der Waals surface area (Å²) in [6.07, 6.45) is 8.22. The summed E-state index contributed by atoms with van der Waals surface area (Å²) in [7, 11) is 0. The van der Waals surface area contributed by atoms with Crippen molar-refractivity contribution in [2.24, 2.45) is 0 Å². The van der Waals surface area contributed by atoms with Crippen LogP contribution in [0.25, 0.3) is 10.9 Å². The number of carbonyl (C=O) groups excluding carboxylic acids is 2. The third kappa shape index (κ3) is 4.63. The van der Waals surface area contributed by atoms with Crippen LogP contribution < -0.4 is 10.9 Å². The number of hydrogen-bond acceptors (Lipinski definition) is 6. The molecule has 1 N–H and O–H groups in total. The first-order chi connectivity index (χ1) is 17.0. The molecule has 1 amide bonds. The van der Waals surface area contributed by atoms with Gasteiger partial charge in [-0.15, -0.1) is 11.3 Å². The highest BCUT2D eigenvalue weighted by molar-refractivity contribution is 7.17. The second-order valence-corrected chi connectivity index (χ2v) is 10.6. The Hall–Kier alpha value is -3.00. The Labute approximate surface area is 208 Å². The second kappa shape index (κ2) is 9.93. The fourth-order valence-corrected chi connectivity index (χ4v) is 6.20. The Balaban J connectivity index is 1.47. The van der Waals surface area contributed by atoms with Gasteiger partial charge in [-0.2, -0.15) is 0 Å². The van der Waals surface area contributed by atoms with Crippen molar-refractivity contribution in [1.29, 1.82) is 0 Å². The van der Waals surface area contributed by atoms with Crippen molar-refractivity contribution in [2.45, 2.75) is 84.3 Å². The topological polar surface area (TPSA) is 90.3 Å². The maximum Gasteiger partial charge on any atom is 0.341 e. The molecular weight excluding hydrogens is 462 g/mol. The number of benzene rings is 1. The summed E-state index contributed by atoms with van der Waals surface area (Å²) in [6, 6.07) is 5.03. The zero-order valence-electron chi connectivity index (χ0n) is 20.3. The van der Waals surface area contributed by atoms with Crippen molar-refractivity contribution >= 4 is 39.1 Å². The van der Waals surface area contributed by atoms with Gasteiger partial charge in [0.1, 0.15) is 10.8 Å². The number of rotatable bonds is 5. The largest absolute Gasteiger partial charge is 0.459 e. The highest BCUT2D eigenvalue weighted by atomic mass is 32.1. The standard InChI is InChI=1S/C27H31N3O4S/c1-3-16(2)34-27(33)23-19-9-6-7-10-21(19)35-25(23)29-24(31)17-12-13-18-20(15-17)28-22-11-5-4-8-14-30(22)26(18)32/h12-13,15-16H,3-11,14H2,1-2H3,(H,29,31). The molecule has 1 aliphatic carbocycles. The minimum atomic E-state index is -0.370. The van der Waals surface area contributed by atoms with Gasteiger partial charge in [-0.25, -0.2) is 9.78 Å². The molecule has 8 heteroatoms. The van der Waals surface area contributed by atoms with Gasteiger partial charge in [-0.3, -0.25) is 14.2 Å². The first-order valence-electron chi connectivity index (χ1n) is 12.7. The quantitative estimate of drug-likeness (QED) is 0.489. The number of nitrogens with one attached hydrogen (secondary N) is 1. The number of amides is 1. The Bertz CT molecular complexity index is 1360. The van der Waals surface area contributed by atoms with E-state index in [9.17, 15) is 14.4 Å². The Kier molecular flexibility index (Phi) is 6.73. The fourth-order valence-electron chi connectivity index (χ4n) is 4.93. The van der Waals surface area contributed by atoms with E-state index in [1.807, 2.05) is 13.8 Å². The van der Waals surface area contributed by atoms with Gasteiger partial charge in [0.15, 0.2) is 0 Å². The number of anilines is 1.